The van der Waals surface area contributed by atoms with E-state index in [0.717, 1.165) is 18.8 Å². The minimum atomic E-state index is 0.752. The fourth-order valence-corrected chi connectivity index (χ4v) is 2.36. The molecule has 0 heteroatoms. The Kier molecular flexibility index (Phi) is 5.17. The Morgan fingerprint density at radius 2 is 1.65 bits per heavy atom. The molecule has 0 saturated heterocycles. The molecule has 0 radical (unpaired) electrons. The fourth-order valence-electron chi connectivity index (χ4n) is 2.36. The van der Waals surface area contributed by atoms with E-state index in [-0.39, 0.29) is 0 Å². The molecular formula is C20H24. The van der Waals surface area contributed by atoms with Gasteiger partial charge in [-0.1, -0.05) is 80.6 Å². The van der Waals surface area contributed by atoms with Crippen LogP contribution in [0.4, 0.5) is 0 Å². The summed E-state index contributed by atoms with van der Waals surface area (Å²) in [6.07, 6.45) is 3.36. The van der Waals surface area contributed by atoms with Gasteiger partial charge in [-0.3, -0.25) is 0 Å². The maximum Gasteiger partial charge on any atom is -0.00696 e. The second-order valence-electron chi connectivity index (χ2n) is 5.93. The molecule has 0 heterocycles. The van der Waals surface area contributed by atoms with Crippen molar-refractivity contribution in [2.45, 2.75) is 33.1 Å². The van der Waals surface area contributed by atoms with E-state index < -0.39 is 0 Å². The summed E-state index contributed by atoms with van der Waals surface area (Å²) in [4.78, 5) is 0. The van der Waals surface area contributed by atoms with Crippen molar-refractivity contribution in [1.82, 2.24) is 0 Å². The lowest BCUT2D eigenvalue weighted by molar-refractivity contribution is 0.581. The van der Waals surface area contributed by atoms with Crippen LogP contribution in [0.1, 0.15) is 32.3 Å². The van der Waals surface area contributed by atoms with E-state index >= 15 is 0 Å². The van der Waals surface area contributed by atoms with Crippen molar-refractivity contribution in [1.29, 1.82) is 0 Å². The summed E-state index contributed by atoms with van der Waals surface area (Å²) < 4.78 is 0. The molecule has 0 saturated carbocycles. The molecule has 0 aliphatic carbocycles. The minimum Gasteiger partial charge on any atom is -0.0995 e. The fraction of sp³-hybridized carbons (Fsp3) is 0.300. The number of rotatable bonds is 6. The van der Waals surface area contributed by atoms with Crippen LogP contribution in [-0.4, -0.2) is 0 Å². The van der Waals surface area contributed by atoms with E-state index in [0.29, 0.717) is 0 Å². The molecule has 0 aromatic heterocycles. The van der Waals surface area contributed by atoms with E-state index in [4.69, 9.17) is 0 Å². The normalized spacial score (nSPS) is 10.8. The van der Waals surface area contributed by atoms with Crippen LogP contribution in [0.3, 0.4) is 0 Å². The molecule has 0 fully saturated rings. The molecular weight excluding hydrogens is 240 g/mol. The van der Waals surface area contributed by atoms with Crippen LogP contribution in [0.15, 0.2) is 66.7 Å². The zero-order chi connectivity index (χ0) is 14.4. The topological polar surface area (TPSA) is 0 Å². The van der Waals surface area contributed by atoms with Crippen LogP contribution in [0, 0.1) is 5.92 Å². The molecule has 0 bridgehead atoms. The molecule has 2 aromatic carbocycles. The largest absolute Gasteiger partial charge is 0.0995 e. The van der Waals surface area contributed by atoms with Gasteiger partial charge in [-0.05, 0) is 41.9 Å². The first-order valence-electron chi connectivity index (χ1n) is 7.46. The summed E-state index contributed by atoms with van der Waals surface area (Å²) >= 11 is 0. The van der Waals surface area contributed by atoms with E-state index in [1.54, 1.807) is 0 Å². The first-order valence-corrected chi connectivity index (χ1v) is 7.46. The molecule has 2 rings (SSSR count). The van der Waals surface area contributed by atoms with Gasteiger partial charge in [-0.2, -0.15) is 0 Å². The highest BCUT2D eigenvalue weighted by atomic mass is 14.1. The van der Waals surface area contributed by atoms with Gasteiger partial charge in [-0.15, -0.1) is 0 Å². The molecule has 20 heavy (non-hydrogen) atoms. The lowest BCUT2D eigenvalue weighted by Gasteiger charge is -2.09. The summed E-state index contributed by atoms with van der Waals surface area (Å²) in [5, 5.41) is 0. The zero-order valence-corrected chi connectivity index (χ0v) is 12.6. The molecule has 0 spiro atoms. The molecule has 2 aromatic rings. The summed E-state index contributed by atoms with van der Waals surface area (Å²) in [5.74, 6) is 0.752. The standard InChI is InChI=1S/C20H24/c1-16(2)12-13-17(3)14-18-8-7-11-20(15-18)19-9-5-4-6-10-19/h4-11,15-16H,3,12-14H2,1-2H3. The SMILES string of the molecule is C=C(CCC(C)C)Cc1cccc(-c2ccccc2)c1. The summed E-state index contributed by atoms with van der Waals surface area (Å²) in [6.45, 7) is 8.76. The molecule has 0 N–H and O–H groups in total. The van der Waals surface area contributed by atoms with Crippen molar-refractivity contribution in [3.05, 3.63) is 72.3 Å². The predicted molar refractivity (Wildman–Crippen MR) is 88.8 cm³/mol. The smallest absolute Gasteiger partial charge is 0.00696 e. The van der Waals surface area contributed by atoms with E-state index in [1.807, 2.05) is 0 Å². The molecule has 0 atom stereocenters. The molecule has 0 amide bonds. The molecule has 0 aliphatic rings. The predicted octanol–water partition coefficient (Wildman–Crippen LogP) is 5.89. The maximum atomic E-state index is 4.22. The van der Waals surface area contributed by atoms with Crippen molar-refractivity contribution in [2.75, 3.05) is 0 Å². The summed E-state index contributed by atoms with van der Waals surface area (Å²) in [5.41, 5.74) is 5.27. The van der Waals surface area contributed by atoms with Crippen LogP contribution in [0.25, 0.3) is 11.1 Å². The van der Waals surface area contributed by atoms with Crippen LogP contribution >= 0.6 is 0 Å². The number of hydrogen-bond acceptors (Lipinski definition) is 0. The highest BCUT2D eigenvalue weighted by Crippen LogP contribution is 2.22. The van der Waals surface area contributed by atoms with Crippen LogP contribution in [-0.2, 0) is 6.42 Å². The maximum absolute atomic E-state index is 4.22. The van der Waals surface area contributed by atoms with Crippen molar-refractivity contribution >= 4 is 0 Å². The summed E-state index contributed by atoms with van der Waals surface area (Å²) in [6, 6.07) is 19.4. The van der Waals surface area contributed by atoms with Crippen molar-refractivity contribution < 1.29 is 0 Å². The van der Waals surface area contributed by atoms with Crippen molar-refractivity contribution in [3.63, 3.8) is 0 Å². The summed E-state index contributed by atoms with van der Waals surface area (Å²) in [7, 11) is 0. The lowest BCUT2D eigenvalue weighted by atomic mass is 9.96. The second-order valence-corrected chi connectivity index (χ2v) is 5.93. The van der Waals surface area contributed by atoms with E-state index in [1.165, 1.54) is 28.7 Å². The van der Waals surface area contributed by atoms with Crippen molar-refractivity contribution in [2.24, 2.45) is 5.92 Å². The Morgan fingerprint density at radius 3 is 2.35 bits per heavy atom. The number of allylic oxidation sites excluding steroid dienone is 1. The molecule has 104 valence electrons. The van der Waals surface area contributed by atoms with Gasteiger partial charge in [0, 0.05) is 0 Å². The third-order valence-corrected chi connectivity index (χ3v) is 3.56. The Hall–Kier alpha value is -1.82. The average molecular weight is 264 g/mol. The first kappa shape index (κ1) is 14.6. The van der Waals surface area contributed by atoms with Gasteiger partial charge in [0.1, 0.15) is 0 Å². The van der Waals surface area contributed by atoms with Crippen molar-refractivity contribution in [3.8, 4) is 11.1 Å². The van der Waals surface area contributed by atoms with E-state index in [9.17, 15) is 0 Å². The Morgan fingerprint density at radius 1 is 0.950 bits per heavy atom. The van der Waals surface area contributed by atoms with Gasteiger partial charge in [-0.25, -0.2) is 0 Å². The number of benzene rings is 2. The van der Waals surface area contributed by atoms with Gasteiger partial charge in [0.25, 0.3) is 0 Å². The van der Waals surface area contributed by atoms with Gasteiger partial charge in [0.2, 0.25) is 0 Å². The highest BCUT2D eigenvalue weighted by Gasteiger charge is 2.02. The highest BCUT2D eigenvalue weighted by molar-refractivity contribution is 5.64. The van der Waals surface area contributed by atoms with Gasteiger partial charge < -0.3 is 0 Å². The van der Waals surface area contributed by atoms with Crippen LogP contribution in [0.2, 0.25) is 0 Å². The lowest BCUT2D eigenvalue weighted by Crippen LogP contribution is -1.93. The quantitative estimate of drug-likeness (QED) is 0.571. The third kappa shape index (κ3) is 4.38. The van der Waals surface area contributed by atoms with Crippen LogP contribution in [0.5, 0.6) is 0 Å². The monoisotopic (exact) mass is 264 g/mol. The molecule has 0 nitrogen and oxygen atoms in total. The number of hydrogen-bond donors (Lipinski definition) is 0. The van der Waals surface area contributed by atoms with Gasteiger partial charge >= 0.3 is 0 Å². The molecule has 0 unspecified atom stereocenters. The zero-order valence-electron chi connectivity index (χ0n) is 12.6. The Bertz CT molecular complexity index is 549. The average Bonchev–Trinajstić information content (AvgIpc) is 2.46. The second kappa shape index (κ2) is 7.09. The third-order valence-electron chi connectivity index (χ3n) is 3.56. The Balaban J connectivity index is 2.05. The van der Waals surface area contributed by atoms with Crippen LogP contribution < -0.4 is 0 Å². The minimum absolute atomic E-state index is 0.752. The van der Waals surface area contributed by atoms with Gasteiger partial charge in [0.15, 0.2) is 0 Å². The molecule has 0 aliphatic heterocycles. The van der Waals surface area contributed by atoms with Gasteiger partial charge in [0.05, 0.1) is 0 Å². The first-order chi connectivity index (χ1) is 9.65. The Labute approximate surface area is 123 Å². The van der Waals surface area contributed by atoms with E-state index in [2.05, 4.69) is 75.0 Å².